The van der Waals surface area contributed by atoms with Gasteiger partial charge in [0, 0.05) is 21.0 Å². The molecule has 2 unspecified atom stereocenters. The average molecular weight is 614 g/mol. The number of fused-ring (bicyclic) bond motifs is 1. The Morgan fingerprint density at radius 3 is 2.36 bits per heavy atom. The smallest absolute Gasteiger partial charge is 0.255 e. The van der Waals surface area contributed by atoms with E-state index in [0.717, 1.165) is 40.8 Å². The van der Waals surface area contributed by atoms with E-state index in [1.165, 1.54) is 33.5 Å². The van der Waals surface area contributed by atoms with Gasteiger partial charge in [-0.3, -0.25) is 9.59 Å². The van der Waals surface area contributed by atoms with E-state index in [9.17, 15) is 14.9 Å². The number of hydrogen-bond donors (Lipinski definition) is 2. The van der Waals surface area contributed by atoms with Gasteiger partial charge in [-0.15, -0.1) is 23.1 Å². The molecule has 1 aliphatic rings. The maximum Gasteiger partial charge on any atom is 0.255 e. The van der Waals surface area contributed by atoms with Gasteiger partial charge in [-0.05, 0) is 79.1 Å². The minimum atomic E-state index is -0.568. The molecule has 1 aromatic heterocycles. The quantitative estimate of drug-likeness (QED) is 0.171. The molecule has 0 saturated heterocycles. The highest BCUT2D eigenvalue weighted by atomic mass is 32.2. The van der Waals surface area contributed by atoms with Gasteiger partial charge in [0.05, 0.1) is 5.56 Å². The Morgan fingerprint density at radius 2 is 1.64 bits per heavy atom. The average Bonchev–Trinajstić information content (AvgIpc) is 3.40. The second-order valence-corrected chi connectivity index (χ2v) is 13.2. The third-order valence-electron chi connectivity index (χ3n) is 7.88. The minimum Gasteiger partial charge on any atom is -0.322 e. The highest BCUT2D eigenvalue weighted by Gasteiger charge is 2.29. The summed E-state index contributed by atoms with van der Waals surface area (Å²) in [5, 5.41) is 16.3. The van der Waals surface area contributed by atoms with Gasteiger partial charge in [-0.25, -0.2) is 0 Å². The van der Waals surface area contributed by atoms with Crippen LogP contribution >= 0.6 is 23.1 Å². The van der Waals surface area contributed by atoms with Crippen molar-refractivity contribution in [2.75, 3.05) is 10.6 Å². The van der Waals surface area contributed by atoms with E-state index in [4.69, 9.17) is 0 Å². The predicted octanol–water partition coefficient (Wildman–Crippen LogP) is 8.93. The van der Waals surface area contributed by atoms with Crippen LogP contribution in [0.5, 0.6) is 0 Å². The molecule has 7 heteroatoms. The molecule has 5 aromatic rings. The molecule has 5 nitrogen and oxygen atoms in total. The molecule has 0 saturated carbocycles. The van der Waals surface area contributed by atoms with E-state index < -0.39 is 5.25 Å². The number of benzene rings is 4. The van der Waals surface area contributed by atoms with Crippen molar-refractivity contribution in [2.45, 2.75) is 42.2 Å². The number of nitrogens with one attached hydrogen (secondary N) is 2. The highest BCUT2D eigenvalue weighted by molar-refractivity contribution is 8.00. The lowest BCUT2D eigenvalue weighted by Crippen LogP contribution is -2.19. The van der Waals surface area contributed by atoms with Crippen molar-refractivity contribution in [1.29, 1.82) is 5.26 Å². The number of rotatable bonds is 8. The normalized spacial score (nSPS) is 14.6. The summed E-state index contributed by atoms with van der Waals surface area (Å²) in [6.45, 7) is 1.98. The molecule has 2 N–H and O–H groups in total. The molecule has 0 spiro atoms. The van der Waals surface area contributed by atoms with Crippen molar-refractivity contribution in [3.05, 3.63) is 147 Å². The summed E-state index contributed by atoms with van der Waals surface area (Å²) < 4.78 is 0. The number of amides is 2. The van der Waals surface area contributed by atoms with Crippen LogP contribution in [-0.4, -0.2) is 11.8 Å². The van der Waals surface area contributed by atoms with E-state index in [2.05, 4.69) is 41.0 Å². The van der Waals surface area contributed by atoms with Crippen LogP contribution in [0.2, 0.25) is 0 Å². The summed E-state index contributed by atoms with van der Waals surface area (Å²) in [4.78, 5) is 28.8. The number of thiophene rings is 1. The molecule has 2 amide bonds. The van der Waals surface area contributed by atoms with Crippen LogP contribution in [0.15, 0.2) is 114 Å². The fourth-order valence-electron chi connectivity index (χ4n) is 5.57. The summed E-state index contributed by atoms with van der Waals surface area (Å²) in [6, 6.07) is 37.5. The monoisotopic (exact) mass is 613 g/mol. The van der Waals surface area contributed by atoms with Crippen molar-refractivity contribution >= 4 is 45.6 Å². The van der Waals surface area contributed by atoms with Gasteiger partial charge >= 0.3 is 0 Å². The van der Waals surface area contributed by atoms with Crippen LogP contribution in [0.4, 0.5) is 10.7 Å². The number of thioether (sulfide) groups is 1. The molecule has 0 fully saturated rings. The highest BCUT2D eigenvalue weighted by Crippen LogP contribution is 2.43. The van der Waals surface area contributed by atoms with Gasteiger partial charge in [0.2, 0.25) is 5.91 Å². The maximum absolute atomic E-state index is 14.0. The van der Waals surface area contributed by atoms with Crippen molar-refractivity contribution in [1.82, 2.24) is 0 Å². The molecule has 0 aliphatic heterocycles. The van der Waals surface area contributed by atoms with Crippen LogP contribution in [0, 0.1) is 18.3 Å². The molecular formula is C37H31N3O2S2. The SMILES string of the molecule is Cc1ccc(C(=O)Nc2cccc(SC(C(=O)Nc3sc4c(c3C#N)CCC(c3ccccc3)C4)c3ccccc3)c2)cc1. The molecule has 4 aromatic carbocycles. The first-order valence-corrected chi connectivity index (χ1v) is 16.3. The van der Waals surface area contributed by atoms with Gasteiger partial charge in [-0.1, -0.05) is 84.4 Å². The van der Waals surface area contributed by atoms with E-state index >= 15 is 0 Å². The predicted molar refractivity (Wildman–Crippen MR) is 179 cm³/mol. The zero-order valence-electron chi connectivity index (χ0n) is 24.2. The van der Waals surface area contributed by atoms with Gasteiger partial charge in [-0.2, -0.15) is 5.26 Å². The number of nitriles is 1. The number of carbonyl (C=O) groups excluding carboxylic acids is 2. The third kappa shape index (κ3) is 6.62. The summed E-state index contributed by atoms with van der Waals surface area (Å²) >= 11 is 2.94. The number of hydrogen-bond acceptors (Lipinski definition) is 5. The lowest BCUT2D eigenvalue weighted by atomic mass is 9.83. The lowest BCUT2D eigenvalue weighted by Gasteiger charge is -2.22. The Labute approximate surface area is 266 Å². The molecule has 1 heterocycles. The van der Waals surface area contributed by atoms with Crippen LogP contribution in [0.3, 0.4) is 0 Å². The second-order valence-electron chi connectivity index (χ2n) is 10.9. The Bertz CT molecular complexity index is 1830. The summed E-state index contributed by atoms with van der Waals surface area (Å²) in [7, 11) is 0. The maximum atomic E-state index is 14.0. The Kier molecular flexibility index (Phi) is 8.92. The topological polar surface area (TPSA) is 82.0 Å². The van der Waals surface area contributed by atoms with Gasteiger partial charge in [0.15, 0.2) is 0 Å². The largest absolute Gasteiger partial charge is 0.322 e. The van der Waals surface area contributed by atoms with E-state index in [-0.39, 0.29) is 11.8 Å². The van der Waals surface area contributed by atoms with Crippen LogP contribution in [0.1, 0.15) is 60.6 Å². The molecule has 0 bridgehead atoms. The van der Waals surface area contributed by atoms with Gasteiger partial charge < -0.3 is 10.6 Å². The molecule has 6 rings (SSSR count). The molecule has 2 atom stereocenters. The van der Waals surface area contributed by atoms with Crippen molar-refractivity contribution < 1.29 is 9.59 Å². The molecule has 1 aliphatic carbocycles. The van der Waals surface area contributed by atoms with E-state index in [0.29, 0.717) is 27.7 Å². The van der Waals surface area contributed by atoms with Gasteiger partial charge in [0.1, 0.15) is 16.3 Å². The van der Waals surface area contributed by atoms with E-state index in [1.54, 1.807) is 12.1 Å². The number of anilines is 2. The van der Waals surface area contributed by atoms with Crippen LogP contribution < -0.4 is 10.6 Å². The van der Waals surface area contributed by atoms with Crippen molar-refractivity contribution in [3.8, 4) is 6.07 Å². The minimum absolute atomic E-state index is 0.190. The molecule has 44 heavy (non-hydrogen) atoms. The first-order chi connectivity index (χ1) is 21.5. The standard InChI is InChI=1S/C37H31N3O2S2/c1-24-15-17-27(18-16-24)35(41)39-29-13-8-14-30(22-29)43-34(26-11-6-3-7-12-26)36(42)40-37-32(23-38)31-20-19-28(21-33(31)44-37)25-9-4-2-5-10-25/h2-18,22,28,34H,19-21H2,1H3,(H,39,41)(H,40,42). The Hall–Kier alpha value is -4.64. The third-order valence-corrected chi connectivity index (χ3v) is 10.3. The van der Waals surface area contributed by atoms with Crippen LogP contribution in [-0.2, 0) is 17.6 Å². The lowest BCUT2D eigenvalue weighted by molar-refractivity contribution is -0.115. The fraction of sp³-hybridized carbons (Fsp3) is 0.162. The summed E-state index contributed by atoms with van der Waals surface area (Å²) in [5.74, 6) is 0.0264. The number of aryl methyl sites for hydroxylation is 1. The molecular weight excluding hydrogens is 583 g/mol. The second kappa shape index (κ2) is 13.3. The molecule has 0 radical (unpaired) electrons. The molecule has 218 valence electrons. The first kappa shape index (κ1) is 29.4. The fourth-order valence-corrected chi connectivity index (χ4v) is 7.94. The first-order valence-electron chi connectivity index (χ1n) is 14.6. The zero-order valence-corrected chi connectivity index (χ0v) is 25.9. The Morgan fingerprint density at radius 1 is 0.909 bits per heavy atom. The summed E-state index contributed by atoms with van der Waals surface area (Å²) in [5.41, 5.74) is 6.15. The number of carbonyl (C=O) groups is 2. The van der Waals surface area contributed by atoms with Crippen LogP contribution in [0.25, 0.3) is 0 Å². The van der Waals surface area contributed by atoms with Crippen molar-refractivity contribution in [3.63, 3.8) is 0 Å². The van der Waals surface area contributed by atoms with Gasteiger partial charge in [0.25, 0.3) is 5.91 Å². The van der Waals surface area contributed by atoms with E-state index in [1.807, 2.05) is 79.7 Å². The van der Waals surface area contributed by atoms with Crippen molar-refractivity contribution in [2.24, 2.45) is 0 Å². The Balaban J connectivity index is 1.22. The zero-order chi connectivity index (χ0) is 30.5. The number of nitrogens with zero attached hydrogens (tertiary/aromatic N) is 1. The summed E-state index contributed by atoms with van der Waals surface area (Å²) in [6.07, 6.45) is 2.67.